The van der Waals surface area contributed by atoms with E-state index in [1.54, 1.807) is 5.51 Å². The number of carboxylic acid groups (broad SMARTS) is 1. The van der Waals surface area contributed by atoms with Crippen molar-refractivity contribution in [2.45, 2.75) is 25.4 Å². The molecule has 1 aliphatic heterocycles. The predicted octanol–water partition coefficient (Wildman–Crippen LogP) is 0.683. The molecule has 0 saturated carbocycles. The zero-order chi connectivity index (χ0) is 11.4. The van der Waals surface area contributed by atoms with Crippen molar-refractivity contribution in [3.8, 4) is 0 Å². The highest BCUT2D eigenvalue weighted by Gasteiger charge is 2.16. The molecule has 2 rings (SSSR count). The summed E-state index contributed by atoms with van der Waals surface area (Å²) < 4.78 is 0. The fourth-order valence-corrected chi connectivity index (χ4v) is 2.54. The molecule has 0 atom stereocenters. The fourth-order valence-electron chi connectivity index (χ4n) is 1.83. The van der Waals surface area contributed by atoms with E-state index in [9.17, 15) is 4.79 Å². The molecule has 0 amide bonds. The van der Waals surface area contributed by atoms with Crippen LogP contribution >= 0.6 is 11.3 Å². The van der Waals surface area contributed by atoms with Gasteiger partial charge >= 0.3 is 5.97 Å². The molecule has 5 nitrogen and oxygen atoms in total. The highest BCUT2D eigenvalue weighted by Crippen LogP contribution is 2.14. The fraction of sp³-hybridized carbons (Fsp3) is 0.600. The molecule has 1 fully saturated rings. The number of hydrogen-bond donors (Lipinski definition) is 3. The van der Waals surface area contributed by atoms with Gasteiger partial charge in [0.05, 0.1) is 10.4 Å². The van der Waals surface area contributed by atoms with Crippen LogP contribution in [-0.2, 0) is 6.54 Å². The minimum absolute atomic E-state index is 0.187. The van der Waals surface area contributed by atoms with Gasteiger partial charge in [-0.15, -0.1) is 11.3 Å². The van der Waals surface area contributed by atoms with Gasteiger partial charge in [0, 0.05) is 12.6 Å². The number of carbonyl (C=O) groups is 1. The van der Waals surface area contributed by atoms with Gasteiger partial charge in [-0.05, 0) is 25.9 Å². The molecule has 1 aromatic rings. The molecule has 1 aromatic heterocycles. The molecule has 0 unspecified atom stereocenters. The number of hydrogen-bond acceptors (Lipinski definition) is 5. The second-order valence-corrected chi connectivity index (χ2v) is 4.77. The number of carboxylic acids is 1. The van der Waals surface area contributed by atoms with Crippen LogP contribution in [0.2, 0.25) is 0 Å². The number of thiazole rings is 1. The maximum atomic E-state index is 10.8. The molecule has 6 heteroatoms. The Morgan fingerprint density at radius 1 is 1.62 bits per heavy atom. The molecule has 0 aromatic carbocycles. The van der Waals surface area contributed by atoms with Crippen LogP contribution in [-0.4, -0.2) is 35.2 Å². The number of rotatable bonds is 4. The summed E-state index contributed by atoms with van der Waals surface area (Å²) in [6.45, 7) is 2.68. The van der Waals surface area contributed by atoms with E-state index in [1.165, 1.54) is 11.3 Å². The average Bonchev–Trinajstić information content (AvgIpc) is 2.76. The van der Waals surface area contributed by atoms with E-state index in [0.717, 1.165) is 30.8 Å². The summed E-state index contributed by atoms with van der Waals surface area (Å²) in [7, 11) is 0. The van der Waals surface area contributed by atoms with Gasteiger partial charge in [-0.25, -0.2) is 9.78 Å². The summed E-state index contributed by atoms with van der Waals surface area (Å²) in [5.74, 6) is -0.941. The highest BCUT2D eigenvalue weighted by atomic mass is 32.1. The van der Waals surface area contributed by atoms with Crippen LogP contribution in [0.1, 0.15) is 28.2 Å². The zero-order valence-corrected chi connectivity index (χ0v) is 9.72. The van der Waals surface area contributed by atoms with Gasteiger partial charge in [0.25, 0.3) is 0 Å². The predicted molar refractivity (Wildman–Crippen MR) is 61.8 cm³/mol. The van der Waals surface area contributed by atoms with Gasteiger partial charge in [0.1, 0.15) is 0 Å². The Morgan fingerprint density at radius 3 is 3.06 bits per heavy atom. The first-order valence-corrected chi connectivity index (χ1v) is 6.25. The number of nitrogens with zero attached hydrogens (tertiary/aromatic N) is 1. The van der Waals surface area contributed by atoms with Crippen molar-refractivity contribution in [1.82, 2.24) is 15.6 Å². The average molecular weight is 241 g/mol. The Labute approximate surface area is 97.9 Å². The van der Waals surface area contributed by atoms with E-state index in [1.807, 2.05) is 0 Å². The first kappa shape index (κ1) is 11.5. The quantitative estimate of drug-likeness (QED) is 0.723. The SMILES string of the molecule is O=C(O)c1ncsc1CNC1CCNCC1. The van der Waals surface area contributed by atoms with Crippen LogP contribution in [0.15, 0.2) is 5.51 Å². The summed E-state index contributed by atoms with van der Waals surface area (Å²) >= 11 is 1.40. The lowest BCUT2D eigenvalue weighted by molar-refractivity contribution is 0.0690. The van der Waals surface area contributed by atoms with E-state index >= 15 is 0 Å². The van der Waals surface area contributed by atoms with Crippen molar-refractivity contribution in [2.24, 2.45) is 0 Å². The number of piperidine rings is 1. The Balaban J connectivity index is 1.88. The van der Waals surface area contributed by atoms with E-state index in [2.05, 4.69) is 15.6 Å². The molecule has 0 aliphatic carbocycles. The molecule has 88 valence electrons. The van der Waals surface area contributed by atoms with Gasteiger partial charge in [-0.3, -0.25) is 0 Å². The van der Waals surface area contributed by atoms with Crippen LogP contribution in [0, 0.1) is 0 Å². The van der Waals surface area contributed by atoms with E-state index < -0.39 is 5.97 Å². The monoisotopic (exact) mass is 241 g/mol. The van der Waals surface area contributed by atoms with Crippen molar-refractivity contribution in [3.63, 3.8) is 0 Å². The van der Waals surface area contributed by atoms with E-state index in [4.69, 9.17) is 5.11 Å². The highest BCUT2D eigenvalue weighted by molar-refractivity contribution is 7.09. The third kappa shape index (κ3) is 2.78. The van der Waals surface area contributed by atoms with Crippen LogP contribution in [0.25, 0.3) is 0 Å². The number of aromatic nitrogens is 1. The van der Waals surface area contributed by atoms with Crippen molar-refractivity contribution in [1.29, 1.82) is 0 Å². The lowest BCUT2D eigenvalue weighted by Crippen LogP contribution is -2.39. The number of nitrogens with one attached hydrogen (secondary N) is 2. The molecule has 0 spiro atoms. The van der Waals surface area contributed by atoms with Crippen molar-refractivity contribution in [3.05, 3.63) is 16.1 Å². The minimum atomic E-state index is -0.941. The summed E-state index contributed by atoms with van der Waals surface area (Å²) in [4.78, 5) is 15.5. The first-order chi connectivity index (χ1) is 7.77. The lowest BCUT2D eigenvalue weighted by atomic mass is 10.1. The summed E-state index contributed by atoms with van der Waals surface area (Å²) in [6, 6.07) is 0.491. The summed E-state index contributed by atoms with van der Waals surface area (Å²) in [5.41, 5.74) is 1.77. The minimum Gasteiger partial charge on any atom is -0.476 e. The van der Waals surface area contributed by atoms with Crippen LogP contribution in [0.4, 0.5) is 0 Å². The Hall–Kier alpha value is -0.980. The summed E-state index contributed by atoms with van der Waals surface area (Å²) in [5, 5.41) is 15.6. The van der Waals surface area contributed by atoms with Crippen LogP contribution in [0.5, 0.6) is 0 Å². The van der Waals surface area contributed by atoms with Crippen molar-refractivity contribution in [2.75, 3.05) is 13.1 Å². The van der Waals surface area contributed by atoms with Crippen LogP contribution in [0.3, 0.4) is 0 Å². The van der Waals surface area contributed by atoms with Gasteiger partial charge in [0.2, 0.25) is 0 Å². The first-order valence-electron chi connectivity index (χ1n) is 5.37. The Morgan fingerprint density at radius 2 is 2.38 bits per heavy atom. The molecular weight excluding hydrogens is 226 g/mol. The van der Waals surface area contributed by atoms with Crippen LogP contribution < -0.4 is 10.6 Å². The molecule has 3 N–H and O–H groups in total. The van der Waals surface area contributed by atoms with Gasteiger partial charge in [-0.2, -0.15) is 0 Å². The van der Waals surface area contributed by atoms with Gasteiger partial charge in [0.15, 0.2) is 5.69 Å². The Bertz CT molecular complexity index is 361. The maximum Gasteiger partial charge on any atom is 0.355 e. The van der Waals surface area contributed by atoms with E-state index in [-0.39, 0.29) is 5.69 Å². The third-order valence-corrected chi connectivity index (χ3v) is 3.57. The maximum absolute atomic E-state index is 10.8. The molecule has 0 radical (unpaired) electrons. The normalized spacial score (nSPS) is 17.5. The zero-order valence-electron chi connectivity index (χ0n) is 8.90. The molecule has 1 aliphatic rings. The lowest BCUT2D eigenvalue weighted by Gasteiger charge is -2.23. The summed E-state index contributed by atoms with van der Waals surface area (Å²) in [6.07, 6.45) is 2.20. The number of aromatic carboxylic acids is 1. The smallest absolute Gasteiger partial charge is 0.355 e. The van der Waals surface area contributed by atoms with Crippen molar-refractivity contribution >= 4 is 17.3 Å². The second kappa shape index (κ2) is 5.38. The third-order valence-electron chi connectivity index (χ3n) is 2.73. The van der Waals surface area contributed by atoms with E-state index in [0.29, 0.717) is 12.6 Å². The van der Waals surface area contributed by atoms with Gasteiger partial charge in [-0.1, -0.05) is 0 Å². The Kier molecular flexibility index (Phi) is 3.87. The van der Waals surface area contributed by atoms with Crippen molar-refractivity contribution < 1.29 is 9.90 Å². The molecule has 0 bridgehead atoms. The van der Waals surface area contributed by atoms with Gasteiger partial charge < -0.3 is 15.7 Å². The topological polar surface area (TPSA) is 74.2 Å². The second-order valence-electron chi connectivity index (χ2n) is 3.83. The largest absolute Gasteiger partial charge is 0.476 e. The standard InChI is InChI=1S/C10H15N3O2S/c14-10(15)9-8(16-6-13-9)5-12-7-1-3-11-4-2-7/h6-7,11-12H,1-5H2,(H,14,15). The molecule has 2 heterocycles. The molecular formula is C10H15N3O2S. The molecule has 16 heavy (non-hydrogen) atoms. The molecule has 1 saturated heterocycles.